The van der Waals surface area contributed by atoms with Crippen molar-refractivity contribution in [2.75, 3.05) is 26.1 Å². The van der Waals surface area contributed by atoms with Gasteiger partial charge in [-0.15, -0.1) is 0 Å². The third-order valence-electron chi connectivity index (χ3n) is 6.11. The minimum atomic E-state index is -0.462. The van der Waals surface area contributed by atoms with Crippen molar-refractivity contribution in [3.05, 3.63) is 99.8 Å². The van der Waals surface area contributed by atoms with Gasteiger partial charge in [0, 0.05) is 29.8 Å². The third-order valence-corrected chi connectivity index (χ3v) is 6.78. The molecular formula is C28H28Cl2FN4O4+. The Bertz CT molecular complexity index is 1410. The summed E-state index contributed by atoms with van der Waals surface area (Å²) in [4.78, 5) is 15.6. The molecule has 4 aromatic rings. The van der Waals surface area contributed by atoms with Crippen LogP contribution in [0.2, 0.25) is 10.0 Å². The molecule has 2 aromatic heterocycles. The van der Waals surface area contributed by atoms with E-state index in [-0.39, 0.29) is 24.9 Å². The van der Waals surface area contributed by atoms with Gasteiger partial charge in [0.05, 0.1) is 32.7 Å². The highest BCUT2D eigenvalue weighted by molar-refractivity contribution is 6.35. The first-order valence-corrected chi connectivity index (χ1v) is 12.8. The van der Waals surface area contributed by atoms with Crippen LogP contribution in [-0.4, -0.2) is 36.6 Å². The summed E-state index contributed by atoms with van der Waals surface area (Å²) in [6.07, 6.45) is 7.04. The van der Waals surface area contributed by atoms with Crippen molar-refractivity contribution in [1.29, 1.82) is 0 Å². The van der Waals surface area contributed by atoms with E-state index in [0.717, 1.165) is 16.7 Å². The van der Waals surface area contributed by atoms with E-state index in [9.17, 15) is 9.18 Å². The second kappa shape index (κ2) is 13.3. The number of anilines is 1. The van der Waals surface area contributed by atoms with Crippen molar-refractivity contribution >= 4 is 34.9 Å². The Labute approximate surface area is 235 Å². The summed E-state index contributed by atoms with van der Waals surface area (Å²) < 4.78 is 31.8. The lowest BCUT2D eigenvalue weighted by atomic mass is 9.92. The molecule has 0 spiro atoms. The molecule has 2 heterocycles. The van der Waals surface area contributed by atoms with Gasteiger partial charge in [-0.2, -0.15) is 5.10 Å². The number of rotatable bonds is 12. The number of halogens is 3. The van der Waals surface area contributed by atoms with Crippen LogP contribution in [0.1, 0.15) is 22.6 Å². The zero-order valence-electron chi connectivity index (χ0n) is 21.4. The fourth-order valence-electron chi connectivity index (χ4n) is 4.05. The quantitative estimate of drug-likeness (QED) is 0.230. The van der Waals surface area contributed by atoms with Gasteiger partial charge < -0.3 is 19.5 Å². The van der Waals surface area contributed by atoms with Crippen molar-refractivity contribution in [3.8, 4) is 11.5 Å². The zero-order chi connectivity index (χ0) is 27.8. The standard InChI is InChI=1S/C28H27Cl2FN4O4/c1-37-26-8-7-19(10-27(26)38-2)20(9-21-22(29)13-32-14-23(21)30)17-39-28(36)16-35-15-18(12-34-35)11-33-25-6-4-3-5-24(25)31/h3-8,10,12-15,20,33H,9,11,16-17H2,1-2H3/p+1. The van der Waals surface area contributed by atoms with Gasteiger partial charge in [0.2, 0.25) is 0 Å². The Morgan fingerprint density at radius 3 is 2.56 bits per heavy atom. The lowest BCUT2D eigenvalue weighted by Gasteiger charge is -2.20. The van der Waals surface area contributed by atoms with Crippen LogP contribution in [0.5, 0.6) is 11.5 Å². The predicted molar refractivity (Wildman–Crippen MR) is 146 cm³/mol. The third kappa shape index (κ3) is 7.40. The Morgan fingerprint density at radius 2 is 1.85 bits per heavy atom. The number of H-pyrrole nitrogens is 1. The van der Waals surface area contributed by atoms with Crippen molar-refractivity contribution in [2.45, 2.75) is 25.4 Å². The minimum absolute atomic E-state index is 0.0720. The largest absolute Gasteiger partial charge is 0.493 e. The molecule has 0 bridgehead atoms. The van der Waals surface area contributed by atoms with Crippen molar-refractivity contribution in [1.82, 2.24) is 9.78 Å². The van der Waals surface area contributed by atoms with E-state index in [1.165, 1.54) is 10.7 Å². The lowest BCUT2D eigenvalue weighted by molar-refractivity contribution is -0.377. The van der Waals surface area contributed by atoms with Crippen LogP contribution in [0.4, 0.5) is 10.1 Å². The summed E-state index contributed by atoms with van der Waals surface area (Å²) in [6.45, 7) is 0.343. The van der Waals surface area contributed by atoms with Gasteiger partial charge in [-0.1, -0.05) is 41.4 Å². The number of pyridine rings is 1. The second-order valence-electron chi connectivity index (χ2n) is 8.71. The maximum Gasteiger partial charge on any atom is 0.327 e. The number of aromatic amines is 1. The highest BCUT2D eigenvalue weighted by Gasteiger charge is 2.22. The van der Waals surface area contributed by atoms with Gasteiger partial charge >= 0.3 is 5.97 Å². The van der Waals surface area contributed by atoms with E-state index in [4.69, 9.17) is 37.4 Å². The molecular weight excluding hydrogens is 546 g/mol. The van der Waals surface area contributed by atoms with Crippen LogP contribution in [0, 0.1) is 5.82 Å². The van der Waals surface area contributed by atoms with E-state index in [0.29, 0.717) is 40.2 Å². The molecule has 0 saturated heterocycles. The van der Waals surface area contributed by atoms with E-state index in [1.54, 1.807) is 63.3 Å². The second-order valence-corrected chi connectivity index (χ2v) is 9.52. The van der Waals surface area contributed by atoms with Crippen LogP contribution in [-0.2, 0) is 29.0 Å². The molecule has 0 aliphatic carbocycles. The smallest absolute Gasteiger partial charge is 0.327 e. The molecule has 0 saturated carbocycles. The number of hydrogen-bond donors (Lipinski definition) is 1. The maximum atomic E-state index is 13.8. The molecule has 11 heteroatoms. The topological polar surface area (TPSA) is 88.8 Å². The molecule has 4 rings (SSSR count). The number of nitrogens with one attached hydrogen (secondary N) is 2. The number of methoxy groups -OCH3 is 2. The van der Waals surface area contributed by atoms with Crippen LogP contribution in [0.25, 0.3) is 0 Å². The van der Waals surface area contributed by atoms with Gasteiger partial charge in [-0.3, -0.25) is 9.48 Å². The van der Waals surface area contributed by atoms with E-state index in [2.05, 4.69) is 15.4 Å². The number of carbonyl (C=O) groups is 1. The summed E-state index contributed by atoms with van der Waals surface area (Å²) in [5.41, 5.74) is 2.77. The summed E-state index contributed by atoms with van der Waals surface area (Å²) in [5, 5.41) is 8.20. The van der Waals surface area contributed by atoms with Crippen LogP contribution in [0.15, 0.2) is 67.3 Å². The Balaban J connectivity index is 1.43. The van der Waals surface area contributed by atoms with E-state index >= 15 is 0 Å². The fraction of sp³-hybridized carbons (Fsp3) is 0.250. The lowest BCUT2D eigenvalue weighted by Crippen LogP contribution is -2.19. The molecule has 2 aromatic carbocycles. The average molecular weight is 574 g/mol. The fourth-order valence-corrected chi connectivity index (χ4v) is 4.59. The van der Waals surface area contributed by atoms with Crippen LogP contribution in [0.3, 0.4) is 0 Å². The summed E-state index contributed by atoms with van der Waals surface area (Å²) >= 11 is 12.8. The molecule has 39 heavy (non-hydrogen) atoms. The number of benzene rings is 2. The molecule has 0 amide bonds. The van der Waals surface area contributed by atoms with Gasteiger partial charge in [0.1, 0.15) is 22.4 Å². The SMILES string of the molecule is COc1ccc(C(COC(=O)Cn2cc(CNc3ccccc3F)cn2)Cc2c(Cl)c[nH+]cc2Cl)cc1OC. The first kappa shape index (κ1) is 28.2. The predicted octanol–water partition coefficient (Wildman–Crippen LogP) is 5.34. The number of nitrogens with zero attached hydrogens (tertiary/aromatic N) is 2. The zero-order valence-corrected chi connectivity index (χ0v) is 22.9. The molecule has 2 N–H and O–H groups in total. The highest BCUT2D eigenvalue weighted by Crippen LogP contribution is 2.34. The summed E-state index contributed by atoms with van der Waals surface area (Å²) in [6, 6.07) is 11.9. The summed E-state index contributed by atoms with van der Waals surface area (Å²) in [7, 11) is 3.12. The maximum absolute atomic E-state index is 13.8. The number of esters is 1. The number of carbonyl (C=O) groups excluding carboxylic acids is 1. The molecule has 8 nitrogen and oxygen atoms in total. The molecule has 1 atom stereocenters. The molecule has 0 radical (unpaired) electrons. The normalized spacial score (nSPS) is 11.6. The van der Waals surface area contributed by atoms with Gasteiger partial charge in [0.15, 0.2) is 23.9 Å². The highest BCUT2D eigenvalue weighted by atomic mass is 35.5. The van der Waals surface area contributed by atoms with Crippen molar-refractivity contribution < 1.29 is 28.4 Å². The number of aromatic nitrogens is 3. The molecule has 0 aliphatic rings. The average Bonchev–Trinajstić information content (AvgIpc) is 3.38. The van der Waals surface area contributed by atoms with E-state index in [1.807, 2.05) is 12.1 Å². The number of ether oxygens (including phenoxy) is 3. The minimum Gasteiger partial charge on any atom is -0.493 e. The summed E-state index contributed by atoms with van der Waals surface area (Å²) in [5.74, 6) is 0.0631. The van der Waals surface area contributed by atoms with Crippen LogP contribution < -0.4 is 19.8 Å². The van der Waals surface area contributed by atoms with Crippen LogP contribution >= 0.6 is 23.2 Å². The monoisotopic (exact) mass is 573 g/mol. The Kier molecular flexibility index (Phi) is 9.62. The van der Waals surface area contributed by atoms with Gasteiger partial charge in [-0.05, 0) is 36.2 Å². The number of para-hydroxylation sites is 1. The first-order valence-electron chi connectivity index (χ1n) is 12.1. The molecule has 0 aliphatic heterocycles. The van der Waals surface area contributed by atoms with Gasteiger partial charge in [-0.25, -0.2) is 9.37 Å². The van der Waals surface area contributed by atoms with Crippen molar-refractivity contribution in [2.24, 2.45) is 0 Å². The van der Waals surface area contributed by atoms with E-state index < -0.39 is 5.97 Å². The molecule has 204 valence electrons. The Hall–Kier alpha value is -3.82. The van der Waals surface area contributed by atoms with Crippen molar-refractivity contribution in [3.63, 3.8) is 0 Å². The Morgan fingerprint density at radius 1 is 1.10 bits per heavy atom. The molecule has 0 fully saturated rings. The first-order chi connectivity index (χ1) is 18.9. The molecule has 1 unspecified atom stereocenters. The van der Waals surface area contributed by atoms with Gasteiger partial charge in [0.25, 0.3) is 0 Å². The number of hydrogen-bond acceptors (Lipinski definition) is 6.